The molecule has 24 heavy (non-hydrogen) atoms. The van der Waals surface area contributed by atoms with Gasteiger partial charge in [-0.2, -0.15) is 0 Å². The van der Waals surface area contributed by atoms with Crippen molar-refractivity contribution >= 4 is 27.6 Å². The van der Waals surface area contributed by atoms with E-state index in [9.17, 15) is 4.79 Å². The van der Waals surface area contributed by atoms with Gasteiger partial charge in [0.25, 0.3) is 0 Å². The Bertz CT molecular complexity index is 694. The van der Waals surface area contributed by atoms with Gasteiger partial charge in [-0.25, -0.2) is 4.79 Å². The Balaban J connectivity index is 1.51. The Morgan fingerprint density at radius 2 is 1.88 bits per heavy atom. The Morgan fingerprint density at radius 1 is 1.17 bits per heavy atom. The van der Waals surface area contributed by atoms with Crippen LogP contribution in [0.15, 0.2) is 53.0 Å². The van der Waals surface area contributed by atoms with Gasteiger partial charge in [0.15, 0.2) is 0 Å². The van der Waals surface area contributed by atoms with E-state index in [1.165, 1.54) is 5.56 Å². The molecule has 1 aliphatic heterocycles. The van der Waals surface area contributed by atoms with Crippen molar-refractivity contribution in [1.29, 1.82) is 0 Å². The van der Waals surface area contributed by atoms with Gasteiger partial charge in [-0.05, 0) is 61.4 Å². The summed E-state index contributed by atoms with van der Waals surface area (Å²) < 4.78 is 1.03. The molecule has 1 saturated heterocycles. The Morgan fingerprint density at radius 3 is 2.54 bits per heavy atom. The molecule has 126 valence electrons. The molecule has 0 bridgehead atoms. The third-order valence-electron chi connectivity index (χ3n) is 4.70. The highest BCUT2D eigenvalue weighted by Gasteiger charge is 2.23. The number of nitrogens with zero attached hydrogens (tertiary/aromatic N) is 1. The zero-order valence-corrected chi connectivity index (χ0v) is 15.6. The van der Waals surface area contributed by atoms with Crippen molar-refractivity contribution in [2.45, 2.75) is 26.2 Å². The second-order valence-corrected chi connectivity index (χ2v) is 7.43. The highest BCUT2D eigenvalue weighted by Crippen LogP contribution is 2.24. The van der Waals surface area contributed by atoms with Crippen LogP contribution in [-0.4, -0.2) is 24.0 Å². The summed E-state index contributed by atoms with van der Waals surface area (Å²) in [5.74, 6) is 0.672. The number of urea groups is 1. The molecule has 4 heteroatoms. The van der Waals surface area contributed by atoms with Gasteiger partial charge in [0.2, 0.25) is 0 Å². The third-order valence-corrected chi connectivity index (χ3v) is 5.19. The summed E-state index contributed by atoms with van der Waals surface area (Å²) in [6.07, 6.45) is 3.26. The van der Waals surface area contributed by atoms with E-state index >= 15 is 0 Å². The molecule has 3 nitrogen and oxygen atoms in total. The molecule has 1 N–H and O–H groups in total. The molecule has 0 aliphatic carbocycles. The van der Waals surface area contributed by atoms with Crippen molar-refractivity contribution in [3.05, 3.63) is 64.1 Å². The van der Waals surface area contributed by atoms with E-state index in [0.29, 0.717) is 5.92 Å². The van der Waals surface area contributed by atoms with Crippen LogP contribution >= 0.6 is 15.9 Å². The van der Waals surface area contributed by atoms with Crippen LogP contribution in [0.3, 0.4) is 0 Å². The molecule has 0 saturated carbocycles. The fourth-order valence-electron chi connectivity index (χ4n) is 3.25. The van der Waals surface area contributed by atoms with Gasteiger partial charge in [-0.3, -0.25) is 0 Å². The number of nitrogens with one attached hydrogen (secondary N) is 1. The molecule has 1 fully saturated rings. The smallest absolute Gasteiger partial charge is 0.321 e. The summed E-state index contributed by atoms with van der Waals surface area (Å²) in [7, 11) is 0. The van der Waals surface area contributed by atoms with Crippen LogP contribution in [0.2, 0.25) is 0 Å². The number of rotatable bonds is 3. The number of hydrogen-bond donors (Lipinski definition) is 1. The maximum atomic E-state index is 12.5. The monoisotopic (exact) mass is 386 g/mol. The standard InChI is InChI=1S/C20H23BrN2O/c1-15-13-18(21)7-8-19(15)22-20(24)23-11-9-17(10-12-23)14-16-5-3-2-4-6-16/h2-8,13,17H,9-12,14H2,1H3,(H,22,24). The van der Waals surface area contributed by atoms with Crippen LogP contribution in [-0.2, 0) is 6.42 Å². The maximum Gasteiger partial charge on any atom is 0.321 e. The van der Waals surface area contributed by atoms with Gasteiger partial charge in [-0.1, -0.05) is 46.3 Å². The molecular weight excluding hydrogens is 364 g/mol. The van der Waals surface area contributed by atoms with Crippen molar-refractivity contribution < 1.29 is 4.79 Å². The fourth-order valence-corrected chi connectivity index (χ4v) is 3.72. The molecular formula is C20H23BrN2O. The van der Waals surface area contributed by atoms with Crippen LogP contribution in [0.5, 0.6) is 0 Å². The zero-order chi connectivity index (χ0) is 16.9. The number of carbonyl (C=O) groups is 1. The first-order valence-electron chi connectivity index (χ1n) is 8.48. The van der Waals surface area contributed by atoms with Crippen molar-refractivity contribution in [2.75, 3.05) is 18.4 Å². The van der Waals surface area contributed by atoms with E-state index in [-0.39, 0.29) is 6.03 Å². The number of carbonyl (C=O) groups excluding carboxylic acids is 1. The minimum atomic E-state index is 0.0126. The van der Waals surface area contributed by atoms with Gasteiger partial charge in [0, 0.05) is 23.2 Å². The first-order valence-corrected chi connectivity index (χ1v) is 9.27. The first kappa shape index (κ1) is 17.0. The van der Waals surface area contributed by atoms with Gasteiger partial charge in [0.1, 0.15) is 0 Å². The van der Waals surface area contributed by atoms with E-state index in [1.807, 2.05) is 30.0 Å². The topological polar surface area (TPSA) is 32.3 Å². The molecule has 0 atom stereocenters. The second kappa shape index (κ2) is 7.84. The maximum absolute atomic E-state index is 12.5. The minimum absolute atomic E-state index is 0.0126. The van der Waals surface area contributed by atoms with E-state index in [4.69, 9.17) is 0 Å². The number of likely N-dealkylation sites (tertiary alicyclic amines) is 1. The van der Waals surface area contributed by atoms with E-state index < -0.39 is 0 Å². The number of piperidine rings is 1. The van der Waals surface area contributed by atoms with E-state index in [2.05, 4.69) is 51.6 Å². The molecule has 0 unspecified atom stereocenters. The summed E-state index contributed by atoms with van der Waals surface area (Å²) in [6, 6.07) is 16.6. The minimum Gasteiger partial charge on any atom is -0.325 e. The Hall–Kier alpha value is -1.81. The van der Waals surface area contributed by atoms with Crippen LogP contribution in [0, 0.1) is 12.8 Å². The highest BCUT2D eigenvalue weighted by molar-refractivity contribution is 9.10. The summed E-state index contributed by atoms with van der Waals surface area (Å²) in [5, 5.41) is 3.04. The summed E-state index contributed by atoms with van der Waals surface area (Å²) in [4.78, 5) is 14.4. The zero-order valence-electron chi connectivity index (χ0n) is 14.0. The molecule has 2 amide bonds. The average Bonchev–Trinajstić information content (AvgIpc) is 2.59. The van der Waals surface area contributed by atoms with Gasteiger partial charge >= 0.3 is 6.03 Å². The third kappa shape index (κ3) is 4.38. The molecule has 1 heterocycles. The Labute approximate surface area is 152 Å². The summed E-state index contributed by atoms with van der Waals surface area (Å²) in [5.41, 5.74) is 3.34. The number of aryl methyl sites for hydroxylation is 1. The van der Waals surface area contributed by atoms with Crippen LogP contribution in [0.1, 0.15) is 24.0 Å². The average molecular weight is 387 g/mol. The predicted molar refractivity (Wildman–Crippen MR) is 102 cm³/mol. The number of halogens is 1. The molecule has 3 rings (SSSR count). The lowest BCUT2D eigenvalue weighted by Crippen LogP contribution is -2.41. The number of anilines is 1. The normalized spacial score (nSPS) is 15.3. The lowest BCUT2D eigenvalue weighted by Gasteiger charge is -2.32. The summed E-state index contributed by atoms with van der Waals surface area (Å²) in [6.45, 7) is 3.67. The van der Waals surface area contributed by atoms with Crippen LogP contribution < -0.4 is 5.32 Å². The van der Waals surface area contributed by atoms with Crippen molar-refractivity contribution in [3.63, 3.8) is 0 Å². The summed E-state index contributed by atoms with van der Waals surface area (Å²) >= 11 is 3.45. The largest absolute Gasteiger partial charge is 0.325 e. The molecule has 0 aromatic heterocycles. The number of benzene rings is 2. The highest BCUT2D eigenvalue weighted by atomic mass is 79.9. The van der Waals surface area contributed by atoms with Crippen LogP contribution in [0.25, 0.3) is 0 Å². The second-order valence-electron chi connectivity index (χ2n) is 6.51. The molecule has 0 spiro atoms. The molecule has 2 aromatic rings. The lowest BCUT2D eigenvalue weighted by atomic mass is 9.90. The van der Waals surface area contributed by atoms with Gasteiger partial charge in [-0.15, -0.1) is 0 Å². The van der Waals surface area contributed by atoms with E-state index in [1.54, 1.807) is 0 Å². The van der Waals surface area contributed by atoms with Gasteiger partial charge in [0.05, 0.1) is 0 Å². The van der Waals surface area contributed by atoms with Crippen molar-refractivity contribution in [1.82, 2.24) is 4.90 Å². The number of hydrogen-bond acceptors (Lipinski definition) is 1. The lowest BCUT2D eigenvalue weighted by molar-refractivity contribution is 0.182. The molecule has 2 aromatic carbocycles. The van der Waals surface area contributed by atoms with E-state index in [0.717, 1.165) is 48.1 Å². The number of amides is 2. The Kier molecular flexibility index (Phi) is 5.56. The predicted octanol–water partition coefficient (Wildman–Crippen LogP) is 5.24. The SMILES string of the molecule is Cc1cc(Br)ccc1NC(=O)N1CCC(Cc2ccccc2)CC1. The van der Waals surface area contributed by atoms with Crippen LogP contribution in [0.4, 0.5) is 10.5 Å². The van der Waals surface area contributed by atoms with Crippen molar-refractivity contribution in [2.24, 2.45) is 5.92 Å². The van der Waals surface area contributed by atoms with Gasteiger partial charge < -0.3 is 10.2 Å². The molecule has 1 aliphatic rings. The van der Waals surface area contributed by atoms with Crippen molar-refractivity contribution in [3.8, 4) is 0 Å². The fraction of sp³-hybridized carbons (Fsp3) is 0.350. The molecule has 0 radical (unpaired) electrons. The first-order chi connectivity index (χ1) is 11.6. The quantitative estimate of drug-likeness (QED) is 0.767.